The van der Waals surface area contributed by atoms with Gasteiger partial charge in [-0.15, -0.1) is 0 Å². The Morgan fingerprint density at radius 2 is 2.09 bits per heavy atom. The van der Waals surface area contributed by atoms with Crippen LogP contribution >= 0.6 is 11.9 Å². The molecular weight excluding hydrogens is 450 g/mol. The summed E-state index contributed by atoms with van der Waals surface area (Å²) in [5.74, 6) is 0.847. The lowest BCUT2D eigenvalue weighted by Gasteiger charge is -2.26. The number of aromatic nitrogens is 4. The van der Waals surface area contributed by atoms with Crippen molar-refractivity contribution in [2.24, 2.45) is 7.05 Å². The van der Waals surface area contributed by atoms with Crippen molar-refractivity contribution >= 4 is 23.7 Å². The number of anilines is 1. The summed E-state index contributed by atoms with van der Waals surface area (Å²) in [5, 5.41) is 7.47. The quantitative estimate of drug-likeness (QED) is 0.542. The smallest absolute Gasteiger partial charge is 0.268 e. The summed E-state index contributed by atoms with van der Waals surface area (Å²) in [5.41, 5.74) is 3.98. The number of fused-ring (bicyclic) bond motifs is 1. The van der Waals surface area contributed by atoms with Gasteiger partial charge in [0.15, 0.2) is 0 Å². The van der Waals surface area contributed by atoms with E-state index in [1.165, 1.54) is 5.69 Å². The van der Waals surface area contributed by atoms with Crippen molar-refractivity contribution in [1.82, 2.24) is 29.0 Å². The Morgan fingerprint density at radius 1 is 1.18 bits per heavy atom. The van der Waals surface area contributed by atoms with Gasteiger partial charge in [0.1, 0.15) is 11.5 Å². The molecule has 3 aromatic heterocycles. The third-order valence-corrected chi connectivity index (χ3v) is 7.66. The fourth-order valence-electron chi connectivity index (χ4n) is 4.44. The molecule has 1 amide bonds. The van der Waals surface area contributed by atoms with Crippen LogP contribution in [0.2, 0.25) is 0 Å². The number of nitrogens with one attached hydrogen (secondary N) is 1. The fraction of sp³-hybridized carbons (Fsp3) is 0.458. The lowest BCUT2D eigenvalue weighted by Crippen LogP contribution is -2.30. The van der Waals surface area contributed by atoms with Gasteiger partial charge >= 0.3 is 0 Å². The predicted molar refractivity (Wildman–Crippen MR) is 132 cm³/mol. The van der Waals surface area contributed by atoms with Crippen molar-refractivity contribution in [3.8, 4) is 0 Å². The van der Waals surface area contributed by atoms with Crippen LogP contribution in [0.15, 0.2) is 41.6 Å². The number of carbonyl (C=O) groups excluding carboxylic acids is 1. The monoisotopic (exact) mass is 481 g/mol. The van der Waals surface area contributed by atoms with E-state index in [1.54, 1.807) is 11.9 Å². The Balaban J connectivity index is 1.25. The molecule has 9 nitrogen and oxygen atoms in total. The van der Waals surface area contributed by atoms with Crippen molar-refractivity contribution in [3.05, 3.63) is 59.3 Å². The third-order valence-electron chi connectivity index (χ3n) is 6.48. The van der Waals surface area contributed by atoms with E-state index in [1.807, 2.05) is 42.2 Å². The van der Waals surface area contributed by atoms with Crippen molar-refractivity contribution in [2.75, 3.05) is 37.7 Å². The van der Waals surface area contributed by atoms with E-state index in [-0.39, 0.29) is 5.91 Å². The second kappa shape index (κ2) is 10.2. The molecule has 0 spiro atoms. The summed E-state index contributed by atoms with van der Waals surface area (Å²) in [7, 11) is 1.95. The molecule has 1 N–H and O–H groups in total. The maximum atomic E-state index is 13.1. The highest BCUT2D eigenvalue weighted by molar-refractivity contribution is 7.97. The second-order valence-corrected chi connectivity index (χ2v) is 9.80. The highest BCUT2D eigenvalue weighted by atomic mass is 32.2. The maximum absolute atomic E-state index is 13.1. The van der Waals surface area contributed by atoms with Gasteiger partial charge in [-0.05, 0) is 43.5 Å². The number of hydrogen-bond acceptors (Lipinski definition) is 7. The summed E-state index contributed by atoms with van der Waals surface area (Å²) in [6.07, 6.45) is 4.64. The summed E-state index contributed by atoms with van der Waals surface area (Å²) in [4.78, 5) is 21.1. The SMILES string of the molecule is Cc1c(SN2CCn3nccc3C2)cc(C(=O)NCc2cccnc2N2CCCOCC2)n1C. The molecular formula is C24H31N7O2S. The van der Waals surface area contributed by atoms with Crippen LogP contribution < -0.4 is 10.2 Å². The molecule has 34 heavy (non-hydrogen) atoms. The molecule has 0 aliphatic carbocycles. The number of nitrogens with zero attached hydrogens (tertiary/aromatic N) is 6. The topological polar surface area (TPSA) is 80.5 Å². The van der Waals surface area contributed by atoms with E-state index >= 15 is 0 Å². The molecule has 0 saturated carbocycles. The van der Waals surface area contributed by atoms with Gasteiger partial charge in [-0.25, -0.2) is 9.29 Å². The van der Waals surface area contributed by atoms with E-state index in [9.17, 15) is 4.79 Å². The lowest BCUT2D eigenvalue weighted by molar-refractivity contribution is 0.0942. The van der Waals surface area contributed by atoms with Gasteiger partial charge in [-0.3, -0.25) is 9.48 Å². The van der Waals surface area contributed by atoms with E-state index in [2.05, 4.69) is 42.3 Å². The standard InChI is InChI=1S/C24H31N7O2S/c1-18-22(34-30-10-11-31-20(17-30)6-8-27-31)15-21(28(18)2)24(32)26-16-19-5-3-7-25-23(19)29-9-4-13-33-14-12-29/h3,5-8,15H,4,9-14,16-17H2,1-2H3,(H,26,32). The summed E-state index contributed by atoms with van der Waals surface area (Å²) < 4.78 is 11.9. The van der Waals surface area contributed by atoms with Crippen LogP contribution in [0.3, 0.4) is 0 Å². The Morgan fingerprint density at radius 3 is 3.00 bits per heavy atom. The zero-order chi connectivity index (χ0) is 23.5. The number of ether oxygens (including phenoxy) is 1. The van der Waals surface area contributed by atoms with Gasteiger partial charge < -0.3 is 19.5 Å². The molecule has 1 saturated heterocycles. The molecule has 1 fully saturated rings. The molecule has 10 heteroatoms. The van der Waals surface area contributed by atoms with E-state index < -0.39 is 0 Å². The number of rotatable bonds is 6. The van der Waals surface area contributed by atoms with E-state index in [4.69, 9.17) is 4.74 Å². The Labute approximate surface area is 204 Å². The molecule has 5 rings (SSSR count). The predicted octanol–water partition coefficient (Wildman–Crippen LogP) is 2.60. The number of pyridine rings is 1. The minimum absolute atomic E-state index is 0.0804. The number of amides is 1. The minimum Gasteiger partial charge on any atom is -0.380 e. The molecule has 3 aromatic rings. The van der Waals surface area contributed by atoms with Crippen LogP contribution in [0.1, 0.15) is 33.9 Å². The van der Waals surface area contributed by atoms with E-state index in [0.717, 1.165) is 67.7 Å². The fourth-order valence-corrected chi connectivity index (χ4v) is 5.52. The molecule has 0 atom stereocenters. The highest BCUT2D eigenvalue weighted by Gasteiger charge is 2.22. The Kier molecular flexibility index (Phi) is 6.89. The number of hydrogen-bond donors (Lipinski definition) is 1. The first-order chi connectivity index (χ1) is 16.6. The largest absolute Gasteiger partial charge is 0.380 e. The number of carbonyl (C=O) groups is 1. The first kappa shape index (κ1) is 22.9. The maximum Gasteiger partial charge on any atom is 0.268 e. The Hall–Kier alpha value is -2.82. The zero-order valence-electron chi connectivity index (χ0n) is 19.7. The first-order valence-corrected chi connectivity index (χ1v) is 12.5. The average Bonchev–Trinajstić information content (AvgIpc) is 3.30. The Bertz CT molecular complexity index is 1150. The van der Waals surface area contributed by atoms with Gasteiger partial charge in [-0.2, -0.15) is 5.10 Å². The van der Waals surface area contributed by atoms with Crippen LogP contribution in [0.5, 0.6) is 0 Å². The van der Waals surface area contributed by atoms with Crippen LogP contribution in [0.4, 0.5) is 5.82 Å². The zero-order valence-corrected chi connectivity index (χ0v) is 20.6. The molecule has 0 bridgehead atoms. The lowest BCUT2D eigenvalue weighted by atomic mass is 10.2. The summed E-state index contributed by atoms with van der Waals surface area (Å²) >= 11 is 1.71. The normalized spacial score (nSPS) is 16.8. The molecule has 0 radical (unpaired) electrons. The van der Waals surface area contributed by atoms with Crippen LogP contribution in [0.25, 0.3) is 0 Å². The van der Waals surface area contributed by atoms with E-state index in [0.29, 0.717) is 18.8 Å². The molecule has 2 aliphatic heterocycles. The van der Waals surface area contributed by atoms with Gasteiger partial charge in [0, 0.05) is 68.4 Å². The second-order valence-electron chi connectivity index (χ2n) is 8.66. The van der Waals surface area contributed by atoms with Crippen LogP contribution in [-0.4, -0.2) is 62.4 Å². The first-order valence-electron chi connectivity index (χ1n) is 11.7. The van der Waals surface area contributed by atoms with Gasteiger partial charge in [0.2, 0.25) is 0 Å². The third kappa shape index (κ3) is 4.84. The summed E-state index contributed by atoms with van der Waals surface area (Å²) in [6.45, 7) is 8.34. The molecule has 5 heterocycles. The molecule has 0 unspecified atom stereocenters. The van der Waals surface area contributed by atoms with Crippen molar-refractivity contribution in [2.45, 2.75) is 37.9 Å². The average molecular weight is 482 g/mol. The van der Waals surface area contributed by atoms with Crippen molar-refractivity contribution in [1.29, 1.82) is 0 Å². The van der Waals surface area contributed by atoms with Gasteiger partial charge in [-0.1, -0.05) is 6.07 Å². The molecule has 0 aromatic carbocycles. The van der Waals surface area contributed by atoms with Crippen LogP contribution in [0, 0.1) is 6.92 Å². The highest BCUT2D eigenvalue weighted by Crippen LogP contribution is 2.31. The van der Waals surface area contributed by atoms with Gasteiger partial charge in [0.05, 0.1) is 25.4 Å². The van der Waals surface area contributed by atoms with Crippen molar-refractivity contribution in [3.63, 3.8) is 0 Å². The summed E-state index contributed by atoms with van der Waals surface area (Å²) in [6, 6.07) is 8.02. The van der Waals surface area contributed by atoms with Gasteiger partial charge in [0.25, 0.3) is 5.91 Å². The molecule has 180 valence electrons. The molecule has 2 aliphatic rings. The van der Waals surface area contributed by atoms with Crippen LogP contribution in [-0.2, 0) is 31.4 Å². The minimum atomic E-state index is -0.0804. The van der Waals surface area contributed by atoms with Crippen molar-refractivity contribution < 1.29 is 9.53 Å².